The molecular weight excluding hydrogens is 256 g/mol. The molecule has 0 aromatic carbocycles. The molecule has 1 aromatic heterocycles. The molecule has 1 aliphatic rings. The van der Waals surface area contributed by atoms with Gasteiger partial charge in [0.15, 0.2) is 0 Å². The van der Waals surface area contributed by atoms with Gasteiger partial charge in [-0.2, -0.15) is 0 Å². The number of hydrogen-bond acceptors (Lipinski definition) is 3. The molecule has 1 fully saturated rings. The zero-order valence-corrected chi connectivity index (χ0v) is 11.7. The lowest BCUT2D eigenvalue weighted by Crippen LogP contribution is -2.37. The summed E-state index contributed by atoms with van der Waals surface area (Å²) in [6, 6.07) is 0.277. The number of amides is 1. The Hall–Kier alpha value is -0.610. The van der Waals surface area contributed by atoms with Crippen LogP contribution in [0.2, 0.25) is 0 Å². The molecule has 1 N–H and O–H groups in total. The van der Waals surface area contributed by atoms with Gasteiger partial charge in [0.2, 0.25) is 0 Å². The van der Waals surface area contributed by atoms with Crippen LogP contribution in [0.3, 0.4) is 0 Å². The summed E-state index contributed by atoms with van der Waals surface area (Å²) >= 11 is 7.51. The Kier molecular flexibility index (Phi) is 4.05. The Balaban J connectivity index is 1.95. The number of aryl methyl sites for hydroxylation is 2. The zero-order chi connectivity index (χ0) is 12.4. The quantitative estimate of drug-likeness (QED) is 0.841. The van der Waals surface area contributed by atoms with E-state index in [2.05, 4.69) is 10.3 Å². The van der Waals surface area contributed by atoms with E-state index in [0.29, 0.717) is 0 Å². The number of hydrogen-bond donors (Lipinski definition) is 1. The van der Waals surface area contributed by atoms with Crippen molar-refractivity contribution in [1.82, 2.24) is 10.3 Å². The summed E-state index contributed by atoms with van der Waals surface area (Å²) in [6.07, 6.45) is 3.95. The first-order valence-corrected chi connectivity index (χ1v) is 7.20. The van der Waals surface area contributed by atoms with Crippen LogP contribution in [0.4, 0.5) is 0 Å². The average molecular weight is 273 g/mol. The maximum atomic E-state index is 12.1. The fourth-order valence-electron chi connectivity index (χ4n) is 2.19. The lowest BCUT2D eigenvalue weighted by molar-refractivity contribution is 0.0931. The first-order chi connectivity index (χ1) is 8.06. The topological polar surface area (TPSA) is 42.0 Å². The highest BCUT2D eigenvalue weighted by atomic mass is 35.5. The van der Waals surface area contributed by atoms with Gasteiger partial charge in [-0.25, -0.2) is 4.98 Å². The van der Waals surface area contributed by atoms with Gasteiger partial charge < -0.3 is 5.32 Å². The van der Waals surface area contributed by atoms with Gasteiger partial charge in [-0.3, -0.25) is 4.79 Å². The molecule has 0 saturated heterocycles. The highest BCUT2D eigenvalue weighted by molar-refractivity contribution is 7.13. The van der Waals surface area contributed by atoms with Crippen LogP contribution in [0.15, 0.2) is 0 Å². The van der Waals surface area contributed by atoms with Crippen LogP contribution in [0.1, 0.15) is 46.1 Å². The Bertz CT molecular complexity index is 411. The van der Waals surface area contributed by atoms with Crippen LogP contribution >= 0.6 is 22.9 Å². The summed E-state index contributed by atoms with van der Waals surface area (Å²) < 4.78 is 0. The summed E-state index contributed by atoms with van der Waals surface area (Å²) in [7, 11) is 0. The second-order valence-electron chi connectivity index (χ2n) is 4.57. The van der Waals surface area contributed by atoms with Crippen LogP contribution in [0, 0.1) is 13.8 Å². The fraction of sp³-hybridized carbons (Fsp3) is 0.667. The minimum Gasteiger partial charge on any atom is -0.349 e. The van der Waals surface area contributed by atoms with Crippen LogP contribution in [-0.2, 0) is 0 Å². The van der Waals surface area contributed by atoms with E-state index in [-0.39, 0.29) is 17.3 Å². The number of halogens is 1. The lowest BCUT2D eigenvalue weighted by Gasteiger charge is -2.25. The Morgan fingerprint density at radius 1 is 1.35 bits per heavy atom. The molecule has 0 bridgehead atoms. The first kappa shape index (κ1) is 12.8. The second kappa shape index (κ2) is 5.36. The van der Waals surface area contributed by atoms with E-state index in [9.17, 15) is 4.79 Å². The van der Waals surface area contributed by atoms with Crippen molar-refractivity contribution < 1.29 is 4.79 Å². The number of alkyl halides is 1. The van der Waals surface area contributed by atoms with Gasteiger partial charge in [-0.1, -0.05) is 0 Å². The number of rotatable bonds is 2. The van der Waals surface area contributed by atoms with Crippen LogP contribution < -0.4 is 5.32 Å². The number of nitrogens with one attached hydrogen (secondary N) is 1. The molecule has 0 atom stereocenters. The highest BCUT2D eigenvalue weighted by Crippen LogP contribution is 2.24. The van der Waals surface area contributed by atoms with Gasteiger partial charge in [0.25, 0.3) is 5.91 Å². The average Bonchev–Trinajstić information content (AvgIpc) is 2.61. The molecule has 1 amide bonds. The van der Waals surface area contributed by atoms with Crippen molar-refractivity contribution in [2.45, 2.75) is 50.9 Å². The normalized spacial score (nSPS) is 24.6. The maximum absolute atomic E-state index is 12.1. The van der Waals surface area contributed by atoms with Crippen molar-refractivity contribution in [2.75, 3.05) is 0 Å². The molecule has 0 aliphatic heterocycles. The monoisotopic (exact) mass is 272 g/mol. The molecule has 1 saturated carbocycles. The van der Waals surface area contributed by atoms with E-state index in [4.69, 9.17) is 11.6 Å². The minimum atomic E-state index is 0.0196. The highest BCUT2D eigenvalue weighted by Gasteiger charge is 2.22. The first-order valence-electron chi connectivity index (χ1n) is 5.95. The van der Waals surface area contributed by atoms with Crippen LogP contribution in [0.25, 0.3) is 0 Å². The zero-order valence-electron chi connectivity index (χ0n) is 10.1. The summed E-state index contributed by atoms with van der Waals surface area (Å²) in [6.45, 7) is 3.81. The summed E-state index contributed by atoms with van der Waals surface area (Å²) in [4.78, 5) is 17.1. The van der Waals surface area contributed by atoms with Crippen LogP contribution in [-0.4, -0.2) is 22.3 Å². The van der Waals surface area contributed by atoms with E-state index in [0.717, 1.165) is 41.3 Å². The molecule has 1 aromatic rings. The predicted molar refractivity (Wildman–Crippen MR) is 71.0 cm³/mol. The lowest BCUT2D eigenvalue weighted by atomic mass is 9.95. The molecule has 0 unspecified atom stereocenters. The van der Waals surface area contributed by atoms with Crippen molar-refractivity contribution in [2.24, 2.45) is 0 Å². The SMILES string of the molecule is Cc1nc(C)c(C(=O)NC2CCC(Cl)CC2)s1. The summed E-state index contributed by atoms with van der Waals surface area (Å²) in [5.74, 6) is 0.0196. The third-order valence-electron chi connectivity index (χ3n) is 3.10. The van der Waals surface area contributed by atoms with Gasteiger partial charge in [0, 0.05) is 11.4 Å². The Morgan fingerprint density at radius 3 is 2.53 bits per heavy atom. The van der Waals surface area contributed by atoms with Crippen molar-refractivity contribution in [3.8, 4) is 0 Å². The Morgan fingerprint density at radius 2 is 2.00 bits per heavy atom. The van der Waals surface area contributed by atoms with Crippen molar-refractivity contribution >= 4 is 28.8 Å². The van der Waals surface area contributed by atoms with Crippen LogP contribution in [0.5, 0.6) is 0 Å². The molecule has 2 rings (SSSR count). The number of carbonyl (C=O) groups is 1. The van der Waals surface area contributed by atoms with Gasteiger partial charge in [0.1, 0.15) is 4.88 Å². The maximum Gasteiger partial charge on any atom is 0.263 e. The minimum absolute atomic E-state index is 0.0196. The molecule has 5 heteroatoms. The summed E-state index contributed by atoms with van der Waals surface area (Å²) in [5.41, 5.74) is 0.830. The van der Waals surface area contributed by atoms with Gasteiger partial charge in [-0.15, -0.1) is 22.9 Å². The molecule has 94 valence electrons. The predicted octanol–water partition coefficient (Wildman–Crippen LogP) is 3.04. The molecule has 1 heterocycles. The molecule has 3 nitrogen and oxygen atoms in total. The third kappa shape index (κ3) is 3.19. The van der Waals surface area contributed by atoms with Gasteiger partial charge in [0.05, 0.1) is 10.7 Å². The van der Waals surface area contributed by atoms with Crippen molar-refractivity contribution in [3.05, 3.63) is 15.6 Å². The third-order valence-corrected chi connectivity index (χ3v) is 4.61. The number of thiazole rings is 1. The molecule has 0 radical (unpaired) electrons. The largest absolute Gasteiger partial charge is 0.349 e. The van der Waals surface area contributed by atoms with Crippen molar-refractivity contribution in [3.63, 3.8) is 0 Å². The molecule has 1 aliphatic carbocycles. The number of nitrogens with zero attached hydrogens (tertiary/aromatic N) is 1. The molecule has 0 spiro atoms. The van der Waals surface area contributed by atoms with E-state index in [1.54, 1.807) is 0 Å². The molecule has 17 heavy (non-hydrogen) atoms. The van der Waals surface area contributed by atoms with E-state index in [1.807, 2.05) is 13.8 Å². The molecular formula is C12H17ClN2OS. The standard InChI is InChI=1S/C12H17ClN2OS/c1-7-11(17-8(2)14-7)12(16)15-10-5-3-9(13)4-6-10/h9-10H,3-6H2,1-2H3,(H,15,16). The fourth-order valence-corrected chi connectivity index (χ4v) is 3.26. The summed E-state index contributed by atoms with van der Waals surface area (Å²) in [5, 5.41) is 4.31. The van der Waals surface area contributed by atoms with Gasteiger partial charge in [-0.05, 0) is 39.5 Å². The Labute approximate surface area is 111 Å². The number of carbonyl (C=O) groups excluding carboxylic acids is 1. The number of aromatic nitrogens is 1. The second-order valence-corrected chi connectivity index (χ2v) is 6.39. The van der Waals surface area contributed by atoms with Gasteiger partial charge >= 0.3 is 0 Å². The smallest absolute Gasteiger partial charge is 0.263 e. The van der Waals surface area contributed by atoms with E-state index in [1.165, 1.54) is 11.3 Å². The van der Waals surface area contributed by atoms with Crippen molar-refractivity contribution in [1.29, 1.82) is 0 Å². The van der Waals surface area contributed by atoms with E-state index >= 15 is 0 Å². The van der Waals surface area contributed by atoms with E-state index < -0.39 is 0 Å².